The van der Waals surface area contributed by atoms with Gasteiger partial charge in [0.1, 0.15) is 11.6 Å². The second-order valence-corrected chi connectivity index (χ2v) is 4.73. The summed E-state index contributed by atoms with van der Waals surface area (Å²) < 4.78 is 13.4. The van der Waals surface area contributed by atoms with Gasteiger partial charge in [-0.15, -0.1) is 0 Å². The number of anilines is 2. The van der Waals surface area contributed by atoms with Crippen molar-refractivity contribution in [2.45, 2.75) is 32.2 Å². The molecule has 0 amide bonds. The van der Waals surface area contributed by atoms with Gasteiger partial charge in [-0.1, -0.05) is 13.3 Å². The zero-order valence-electron chi connectivity index (χ0n) is 11.4. The summed E-state index contributed by atoms with van der Waals surface area (Å²) in [6, 6.07) is 4.38. The molecule has 4 N–H and O–H groups in total. The highest BCUT2D eigenvalue weighted by atomic mass is 19.1. The molecule has 5 nitrogen and oxygen atoms in total. The first kappa shape index (κ1) is 14.5. The summed E-state index contributed by atoms with van der Waals surface area (Å²) in [4.78, 5) is 8.24. The Morgan fingerprint density at radius 1 is 1.35 bits per heavy atom. The van der Waals surface area contributed by atoms with Crippen molar-refractivity contribution in [3.63, 3.8) is 0 Å². The average molecular weight is 278 g/mol. The molecule has 1 aromatic heterocycles. The van der Waals surface area contributed by atoms with E-state index < -0.39 is 0 Å². The number of aromatic nitrogens is 2. The number of aliphatic hydroxyl groups excluding tert-OH is 1. The number of nitrogens with two attached hydrogens (primary N) is 1. The van der Waals surface area contributed by atoms with E-state index in [9.17, 15) is 4.39 Å². The third-order valence-electron chi connectivity index (χ3n) is 3.13. The second-order valence-electron chi connectivity index (χ2n) is 4.73. The van der Waals surface area contributed by atoms with E-state index in [0.717, 1.165) is 12.8 Å². The van der Waals surface area contributed by atoms with Crippen LogP contribution in [0.25, 0.3) is 10.9 Å². The van der Waals surface area contributed by atoms with E-state index in [-0.39, 0.29) is 24.4 Å². The van der Waals surface area contributed by atoms with E-state index in [0.29, 0.717) is 23.1 Å². The molecule has 0 saturated carbocycles. The molecule has 0 saturated heterocycles. The molecule has 20 heavy (non-hydrogen) atoms. The largest absolute Gasteiger partial charge is 0.396 e. The standard InChI is InChI=1S/C14H19FN4O/c1-2-3-10(6-7-20)17-13-11-8-9(15)4-5-12(11)18-14(16)19-13/h4-5,8,10,20H,2-3,6-7H2,1H3,(H3,16,17,18,19)/t10-/m0/s1. The molecule has 2 aromatic rings. The van der Waals surface area contributed by atoms with Crippen LogP contribution in [0.4, 0.5) is 16.2 Å². The summed E-state index contributed by atoms with van der Waals surface area (Å²) in [5.74, 6) is 0.313. The zero-order valence-corrected chi connectivity index (χ0v) is 11.4. The van der Waals surface area contributed by atoms with Gasteiger partial charge in [-0.05, 0) is 31.0 Å². The SMILES string of the molecule is CCC[C@@H](CCO)Nc1nc(N)nc2ccc(F)cc12. The predicted molar refractivity (Wildman–Crippen MR) is 77.9 cm³/mol. The van der Waals surface area contributed by atoms with Crippen molar-refractivity contribution in [3.8, 4) is 0 Å². The molecule has 1 aromatic carbocycles. The molecule has 0 aliphatic carbocycles. The molecule has 0 aliphatic rings. The van der Waals surface area contributed by atoms with Crippen LogP contribution in [0.3, 0.4) is 0 Å². The first-order valence-electron chi connectivity index (χ1n) is 6.74. The van der Waals surface area contributed by atoms with Crippen LogP contribution in [0, 0.1) is 5.82 Å². The van der Waals surface area contributed by atoms with Crippen molar-refractivity contribution in [2.75, 3.05) is 17.7 Å². The van der Waals surface area contributed by atoms with Gasteiger partial charge in [-0.25, -0.2) is 9.37 Å². The Hall–Kier alpha value is -1.95. The van der Waals surface area contributed by atoms with Gasteiger partial charge in [-0.2, -0.15) is 4.98 Å². The van der Waals surface area contributed by atoms with Crippen LogP contribution in [0.5, 0.6) is 0 Å². The van der Waals surface area contributed by atoms with Crippen molar-refractivity contribution >= 4 is 22.7 Å². The number of aliphatic hydroxyl groups is 1. The van der Waals surface area contributed by atoms with Gasteiger partial charge in [0, 0.05) is 18.0 Å². The number of rotatable bonds is 6. The minimum absolute atomic E-state index is 0.0748. The molecule has 1 atom stereocenters. The first-order chi connectivity index (χ1) is 9.63. The van der Waals surface area contributed by atoms with Gasteiger partial charge in [0.2, 0.25) is 5.95 Å². The number of fused-ring (bicyclic) bond motifs is 1. The molecule has 0 radical (unpaired) electrons. The Kier molecular flexibility index (Phi) is 4.68. The van der Waals surface area contributed by atoms with Crippen LogP contribution in [0.2, 0.25) is 0 Å². The maximum atomic E-state index is 13.4. The summed E-state index contributed by atoms with van der Waals surface area (Å²) in [5, 5.41) is 12.9. The Bertz CT molecular complexity index is 585. The highest BCUT2D eigenvalue weighted by molar-refractivity contribution is 5.90. The normalized spacial score (nSPS) is 12.6. The Balaban J connectivity index is 2.38. The van der Waals surface area contributed by atoms with Crippen LogP contribution in [-0.2, 0) is 0 Å². The summed E-state index contributed by atoms with van der Waals surface area (Å²) in [5.41, 5.74) is 6.28. The quantitative estimate of drug-likeness (QED) is 0.755. The van der Waals surface area contributed by atoms with Crippen molar-refractivity contribution in [1.82, 2.24) is 9.97 Å². The Morgan fingerprint density at radius 3 is 2.85 bits per heavy atom. The van der Waals surface area contributed by atoms with Gasteiger partial charge in [-0.3, -0.25) is 0 Å². The number of hydrogen-bond acceptors (Lipinski definition) is 5. The highest BCUT2D eigenvalue weighted by Crippen LogP contribution is 2.23. The van der Waals surface area contributed by atoms with Crippen LogP contribution in [-0.4, -0.2) is 27.7 Å². The average Bonchev–Trinajstić information content (AvgIpc) is 2.40. The fourth-order valence-electron chi connectivity index (χ4n) is 2.21. The lowest BCUT2D eigenvalue weighted by molar-refractivity contribution is 0.276. The Morgan fingerprint density at radius 2 is 2.15 bits per heavy atom. The number of nitrogen functional groups attached to an aromatic ring is 1. The number of nitrogens with one attached hydrogen (secondary N) is 1. The van der Waals surface area contributed by atoms with Crippen molar-refractivity contribution < 1.29 is 9.50 Å². The lowest BCUT2D eigenvalue weighted by atomic mass is 10.1. The highest BCUT2D eigenvalue weighted by Gasteiger charge is 2.12. The van der Waals surface area contributed by atoms with Crippen molar-refractivity contribution in [3.05, 3.63) is 24.0 Å². The van der Waals surface area contributed by atoms with E-state index in [1.54, 1.807) is 6.07 Å². The molecule has 0 spiro atoms. The lowest BCUT2D eigenvalue weighted by Crippen LogP contribution is -2.22. The number of halogens is 1. The molecule has 108 valence electrons. The Labute approximate surface area is 117 Å². The monoisotopic (exact) mass is 278 g/mol. The van der Waals surface area contributed by atoms with Gasteiger partial charge in [0.05, 0.1) is 5.52 Å². The smallest absolute Gasteiger partial charge is 0.222 e. The minimum atomic E-state index is -0.344. The second kappa shape index (κ2) is 6.47. The van der Waals surface area contributed by atoms with Gasteiger partial charge in [0.25, 0.3) is 0 Å². The van der Waals surface area contributed by atoms with Gasteiger partial charge < -0.3 is 16.2 Å². The lowest BCUT2D eigenvalue weighted by Gasteiger charge is -2.19. The van der Waals surface area contributed by atoms with E-state index >= 15 is 0 Å². The van der Waals surface area contributed by atoms with Gasteiger partial charge >= 0.3 is 0 Å². The molecule has 6 heteroatoms. The number of nitrogens with zero attached hydrogens (tertiary/aromatic N) is 2. The molecule has 2 rings (SSSR count). The van der Waals surface area contributed by atoms with Crippen LogP contribution in [0.15, 0.2) is 18.2 Å². The van der Waals surface area contributed by atoms with Crippen LogP contribution < -0.4 is 11.1 Å². The molecular formula is C14H19FN4O. The van der Waals surface area contributed by atoms with E-state index in [1.807, 2.05) is 0 Å². The molecule has 0 aliphatic heterocycles. The van der Waals surface area contributed by atoms with E-state index in [2.05, 4.69) is 22.2 Å². The van der Waals surface area contributed by atoms with Gasteiger partial charge in [0.15, 0.2) is 0 Å². The minimum Gasteiger partial charge on any atom is -0.396 e. The maximum Gasteiger partial charge on any atom is 0.222 e. The maximum absolute atomic E-state index is 13.4. The predicted octanol–water partition coefficient (Wildman–Crippen LogP) is 2.31. The molecule has 0 fully saturated rings. The number of benzene rings is 1. The topological polar surface area (TPSA) is 84.1 Å². The van der Waals surface area contributed by atoms with Crippen molar-refractivity contribution in [2.24, 2.45) is 0 Å². The van der Waals surface area contributed by atoms with E-state index in [1.165, 1.54) is 12.1 Å². The van der Waals surface area contributed by atoms with Crippen LogP contribution >= 0.6 is 0 Å². The summed E-state index contributed by atoms with van der Waals surface area (Å²) in [7, 11) is 0. The fraction of sp³-hybridized carbons (Fsp3) is 0.429. The third-order valence-corrected chi connectivity index (χ3v) is 3.13. The summed E-state index contributed by atoms with van der Waals surface area (Å²) >= 11 is 0. The van der Waals surface area contributed by atoms with E-state index in [4.69, 9.17) is 10.8 Å². The first-order valence-corrected chi connectivity index (χ1v) is 6.74. The zero-order chi connectivity index (χ0) is 14.5. The molecular weight excluding hydrogens is 259 g/mol. The summed E-state index contributed by atoms with van der Waals surface area (Å²) in [6.07, 6.45) is 2.47. The third kappa shape index (κ3) is 3.33. The fourth-order valence-corrected chi connectivity index (χ4v) is 2.21. The van der Waals surface area contributed by atoms with Crippen LogP contribution in [0.1, 0.15) is 26.2 Å². The van der Waals surface area contributed by atoms with Crippen molar-refractivity contribution in [1.29, 1.82) is 0 Å². The number of hydrogen-bond donors (Lipinski definition) is 3. The molecule has 0 unspecified atom stereocenters. The molecule has 0 bridgehead atoms. The summed E-state index contributed by atoms with van der Waals surface area (Å²) in [6.45, 7) is 2.16. The molecule has 1 heterocycles.